The van der Waals surface area contributed by atoms with Crippen LogP contribution in [-0.2, 0) is 4.79 Å². The Morgan fingerprint density at radius 3 is 2.00 bits per heavy atom. The SMILES string of the molecule is C[C@@H](C=O)N(C)C. The lowest BCUT2D eigenvalue weighted by atomic mass is 10.4. The fraction of sp³-hybridized carbons (Fsp3) is 0.800. The van der Waals surface area contributed by atoms with E-state index in [0.29, 0.717) is 0 Å². The van der Waals surface area contributed by atoms with Crippen LogP contribution in [0.3, 0.4) is 0 Å². The zero-order chi connectivity index (χ0) is 5.86. The Balaban J connectivity index is 3.33. The van der Waals surface area contributed by atoms with Gasteiger partial charge in [0.15, 0.2) is 0 Å². The maximum Gasteiger partial charge on any atom is 0.136 e. The highest BCUT2D eigenvalue weighted by atomic mass is 16.1. The van der Waals surface area contributed by atoms with Crippen molar-refractivity contribution < 1.29 is 4.79 Å². The van der Waals surface area contributed by atoms with Crippen LogP contribution in [0.1, 0.15) is 6.92 Å². The zero-order valence-electron chi connectivity index (χ0n) is 5.01. The van der Waals surface area contributed by atoms with Crippen molar-refractivity contribution in [2.24, 2.45) is 0 Å². The Hall–Kier alpha value is -0.370. The van der Waals surface area contributed by atoms with E-state index in [1.807, 2.05) is 25.9 Å². The fourth-order valence-electron chi connectivity index (χ4n) is 0.122. The molecule has 42 valence electrons. The third-order valence-electron chi connectivity index (χ3n) is 1.01. The van der Waals surface area contributed by atoms with Gasteiger partial charge < -0.3 is 9.69 Å². The first-order valence-electron chi connectivity index (χ1n) is 2.30. The molecule has 0 fully saturated rings. The number of hydrogen-bond donors (Lipinski definition) is 0. The van der Waals surface area contributed by atoms with Gasteiger partial charge in [0.1, 0.15) is 6.29 Å². The van der Waals surface area contributed by atoms with Gasteiger partial charge in [-0.3, -0.25) is 0 Å². The Morgan fingerprint density at radius 1 is 1.57 bits per heavy atom. The maximum atomic E-state index is 9.90. The van der Waals surface area contributed by atoms with E-state index in [1.54, 1.807) is 0 Å². The van der Waals surface area contributed by atoms with Crippen molar-refractivity contribution in [3.05, 3.63) is 0 Å². The van der Waals surface area contributed by atoms with E-state index in [-0.39, 0.29) is 6.04 Å². The molecule has 0 rings (SSSR count). The monoisotopic (exact) mass is 101 g/mol. The third-order valence-corrected chi connectivity index (χ3v) is 1.01. The van der Waals surface area contributed by atoms with Gasteiger partial charge in [0.05, 0.1) is 6.04 Å². The minimum atomic E-state index is 0.0556. The summed E-state index contributed by atoms with van der Waals surface area (Å²) < 4.78 is 0. The summed E-state index contributed by atoms with van der Waals surface area (Å²) in [5, 5.41) is 0. The molecule has 0 bridgehead atoms. The lowest BCUT2D eigenvalue weighted by Crippen LogP contribution is -2.25. The van der Waals surface area contributed by atoms with Crippen molar-refractivity contribution in [1.82, 2.24) is 4.90 Å². The lowest BCUT2D eigenvalue weighted by molar-refractivity contribution is -0.111. The first kappa shape index (κ1) is 6.63. The predicted molar refractivity (Wildman–Crippen MR) is 29.2 cm³/mol. The van der Waals surface area contributed by atoms with Crippen LogP contribution in [0, 0.1) is 0 Å². The fourth-order valence-corrected chi connectivity index (χ4v) is 0.122. The summed E-state index contributed by atoms with van der Waals surface area (Å²) in [6.07, 6.45) is 0.917. The van der Waals surface area contributed by atoms with Gasteiger partial charge in [-0.2, -0.15) is 0 Å². The number of rotatable bonds is 2. The van der Waals surface area contributed by atoms with Crippen LogP contribution in [-0.4, -0.2) is 31.3 Å². The van der Waals surface area contributed by atoms with Gasteiger partial charge in [-0.15, -0.1) is 0 Å². The molecule has 0 aromatic rings. The molecule has 2 heteroatoms. The van der Waals surface area contributed by atoms with Gasteiger partial charge in [-0.25, -0.2) is 0 Å². The summed E-state index contributed by atoms with van der Waals surface area (Å²) >= 11 is 0. The highest BCUT2D eigenvalue weighted by molar-refractivity contribution is 5.56. The molecule has 0 aromatic carbocycles. The average molecular weight is 101 g/mol. The van der Waals surface area contributed by atoms with Crippen molar-refractivity contribution in [3.63, 3.8) is 0 Å². The smallest absolute Gasteiger partial charge is 0.136 e. The van der Waals surface area contributed by atoms with E-state index in [1.165, 1.54) is 0 Å². The minimum absolute atomic E-state index is 0.0556. The molecule has 0 unspecified atom stereocenters. The molecule has 0 saturated heterocycles. The Bertz CT molecular complexity index is 61.1. The van der Waals surface area contributed by atoms with Crippen LogP contribution in [0.5, 0.6) is 0 Å². The number of carbonyl (C=O) groups excluding carboxylic acids is 1. The molecule has 7 heavy (non-hydrogen) atoms. The average Bonchev–Trinajstić information content (AvgIpc) is 1.65. The van der Waals surface area contributed by atoms with E-state index in [0.717, 1.165) is 6.29 Å². The molecule has 0 heterocycles. The van der Waals surface area contributed by atoms with Crippen LogP contribution in [0.4, 0.5) is 0 Å². The summed E-state index contributed by atoms with van der Waals surface area (Å²) in [5.74, 6) is 0. The highest BCUT2D eigenvalue weighted by Crippen LogP contribution is 1.82. The van der Waals surface area contributed by atoms with Crippen LogP contribution in [0.2, 0.25) is 0 Å². The summed E-state index contributed by atoms with van der Waals surface area (Å²) in [4.78, 5) is 11.8. The van der Waals surface area contributed by atoms with E-state index >= 15 is 0 Å². The van der Waals surface area contributed by atoms with Crippen molar-refractivity contribution >= 4 is 6.29 Å². The molecular weight excluding hydrogens is 90.1 g/mol. The molecule has 0 spiro atoms. The number of likely N-dealkylation sites (N-methyl/N-ethyl adjacent to an activating group) is 1. The molecule has 0 radical (unpaired) electrons. The quantitative estimate of drug-likeness (QED) is 0.461. The van der Waals surface area contributed by atoms with E-state index in [9.17, 15) is 4.79 Å². The molecule has 0 aliphatic heterocycles. The third kappa shape index (κ3) is 2.34. The predicted octanol–water partition coefficient (Wildman–Crippen LogP) is 0.135. The van der Waals surface area contributed by atoms with Crippen LogP contribution < -0.4 is 0 Å². The lowest BCUT2D eigenvalue weighted by Gasteiger charge is -2.11. The number of nitrogens with zero attached hydrogens (tertiary/aromatic N) is 1. The Kier molecular flexibility index (Phi) is 2.60. The van der Waals surface area contributed by atoms with Crippen LogP contribution in [0.25, 0.3) is 0 Å². The summed E-state index contributed by atoms with van der Waals surface area (Å²) in [6.45, 7) is 1.85. The first-order chi connectivity index (χ1) is 3.18. The topological polar surface area (TPSA) is 20.3 Å². The number of carbonyl (C=O) groups is 1. The van der Waals surface area contributed by atoms with E-state index < -0.39 is 0 Å². The van der Waals surface area contributed by atoms with Crippen molar-refractivity contribution in [2.45, 2.75) is 13.0 Å². The maximum absolute atomic E-state index is 9.90. The van der Waals surface area contributed by atoms with Gasteiger partial charge in [0.2, 0.25) is 0 Å². The molecule has 2 nitrogen and oxygen atoms in total. The van der Waals surface area contributed by atoms with Crippen molar-refractivity contribution in [3.8, 4) is 0 Å². The molecule has 0 saturated carbocycles. The van der Waals surface area contributed by atoms with Crippen LogP contribution in [0.15, 0.2) is 0 Å². The molecule has 1 atom stereocenters. The Labute approximate surface area is 44.1 Å². The summed E-state index contributed by atoms with van der Waals surface area (Å²) in [5.41, 5.74) is 0. The normalized spacial score (nSPS) is 14.3. The molecule has 0 aromatic heterocycles. The second-order valence-electron chi connectivity index (χ2n) is 1.84. The molecular formula is C5H11NO. The Morgan fingerprint density at radius 2 is 2.00 bits per heavy atom. The highest BCUT2D eigenvalue weighted by Gasteiger charge is 1.97. The number of hydrogen-bond acceptors (Lipinski definition) is 2. The van der Waals surface area contributed by atoms with Gasteiger partial charge in [0.25, 0.3) is 0 Å². The standard InChI is InChI=1S/C5H11NO/c1-5(4-7)6(2)3/h4-5H,1-3H3/t5-/m0/s1. The van der Waals surface area contributed by atoms with Crippen molar-refractivity contribution in [1.29, 1.82) is 0 Å². The second-order valence-corrected chi connectivity index (χ2v) is 1.84. The second kappa shape index (κ2) is 2.75. The molecule has 0 amide bonds. The molecule has 0 N–H and O–H groups in total. The van der Waals surface area contributed by atoms with E-state index in [4.69, 9.17) is 0 Å². The van der Waals surface area contributed by atoms with Gasteiger partial charge in [0, 0.05) is 0 Å². The van der Waals surface area contributed by atoms with Crippen LogP contribution >= 0.6 is 0 Å². The number of aldehydes is 1. The summed E-state index contributed by atoms with van der Waals surface area (Å²) in [7, 11) is 3.75. The van der Waals surface area contributed by atoms with Crippen molar-refractivity contribution in [2.75, 3.05) is 14.1 Å². The van der Waals surface area contributed by atoms with Gasteiger partial charge >= 0.3 is 0 Å². The largest absolute Gasteiger partial charge is 0.302 e. The summed E-state index contributed by atoms with van der Waals surface area (Å²) in [6, 6.07) is 0.0556. The van der Waals surface area contributed by atoms with Gasteiger partial charge in [-0.05, 0) is 21.0 Å². The molecule has 0 aliphatic rings. The van der Waals surface area contributed by atoms with E-state index in [2.05, 4.69) is 0 Å². The first-order valence-corrected chi connectivity index (χ1v) is 2.30. The molecule has 0 aliphatic carbocycles. The minimum Gasteiger partial charge on any atom is -0.302 e. The van der Waals surface area contributed by atoms with Gasteiger partial charge in [-0.1, -0.05) is 0 Å². The zero-order valence-corrected chi connectivity index (χ0v) is 5.01.